The van der Waals surface area contributed by atoms with E-state index < -0.39 is 18.3 Å². The molecule has 1 fully saturated rings. The Morgan fingerprint density at radius 1 is 1.04 bits per heavy atom. The van der Waals surface area contributed by atoms with Gasteiger partial charge in [-0.1, -0.05) is 30.3 Å². The van der Waals surface area contributed by atoms with Crippen molar-refractivity contribution in [1.82, 2.24) is 9.78 Å². The number of hydrogen-bond acceptors (Lipinski definition) is 3. The maximum absolute atomic E-state index is 14.7. The minimum Gasteiger partial charge on any atom is -0.399 e. The molecule has 3 aromatic rings. The minimum absolute atomic E-state index is 0.338. The monoisotopic (exact) mass is 352 g/mol. The molecule has 0 unspecified atom stereocenters. The molecule has 0 spiro atoms. The van der Waals surface area contributed by atoms with Gasteiger partial charge in [-0.05, 0) is 45.4 Å². The average molecular weight is 352 g/mol. The summed E-state index contributed by atoms with van der Waals surface area (Å²) in [4.78, 5) is 0. The smallest absolute Gasteiger partial charge is 0.399 e. The van der Waals surface area contributed by atoms with Crippen LogP contribution in [0.3, 0.4) is 0 Å². The van der Waals surface area contributed by atoms with E-state index in [0.717, 1.165) is 16.5 Å². The Morgan fingerprint density at radius 3 is 2.35 bits per heavy atom. The van der Waals surface area contributed by atoms with Crippen LogP contribution in [0.5, 0.6) is 0 Å². The zero-order valence-corrected chi connectivity index (χ0v) is 15.5. The third-order valence-corrected chi connectivity index (χ3v) is 5.44. The Labute approximate surface area is 153 Å². The lowest BCUT2D eigenvalue weighted by atomic mass is 9.78. The zero-order valence-electron chi connectivity index (χ0n) is 15.5. The van der Waals surface area contributed by atoms with Crippen LogP contribution < -0.4 is 5.46 Å². The van der Waals surface area contributed by atoms with E-state index in [0.29, 0.717) is 12.0 Å². The van der Waals surface area contributed by atoms with E-state index in [1.54, 1.807) is 12.3 Å². The molecule has 0 N–H and O–H groups in total. The molecule has 0 amide bonds. The van der Waals surface area contributed by atoms with Gasteiger partial charge in [0.2, 0.25) is 0 Å². The number of halogens is 1. The van der Waals surface area contributed by atoms with Gasteiger partial charge in [0.1, 0.15) is 5.82 Å². The van der Waals surface area contributed by atoms with E-state index in [4.69, 9.17) is 9.31 Å². The molecule has 26 heavy (non-hydrogen) atoms. The second kappa shape index (κ2) is 5.93. The van der Waals surface area contributed by atoms with Crippen molar-refractivity contribution in [2.45, 2.75) is 45.4 Å². The molecule has 2 aromatic carbocycles. The molecule has 0 atom stereocenters. The molecule has 0 saturated carbocycles. The van der Waals surface area contributed by atoms with Gasteiger partial charge in [-0.15, -0.1) is 0 Å². The first-order valence-electron chi connectivity index (χ1n) is 8.81. The topological polar surface area (TPSA) is 36.3 Å². The van der Waals surface area contributed by atoms with Gasteiger partial charge in [0, 0.05) is 10.8 Å². The Morgan fingerprint density at radius 2 is 1.69 bits per heavy atom. The molecular weight excluding hydrogens is 330 g/mol. The summed E-state index contributed by atoms with van der Waals surface area (Å²) in [7, 11) is -0.732. The molecule has 0 aliphatic carbocycles. The van der Waals surface area contributed by atoms with Gasteiger partial charge in [0.05, 0.1) is 29.5 Å². The largest absolute Gasteiger partial charge is 0.497 e. The average Bonchev–Trinajstić information content (AvgIpc) is 3.05. The van der Waals surface area contributed by atoms with Crippen LogP contribution in [0.25, 0.3) is 10.9 Å². The number of hydrogen-bond donors (Lipinski definition) is 0. The Kier molecular flexibility index (Phi) is 3.93. The first-order valence-corrected chi connectivity index (χ1v) is 8.81. The van der Waals surface area contributed by atoms with Crippen LogP contribution in [0.1, 0.15) is 33.3 Å². The van der Waals surface area contributed by atoms with Gasteiger partial charge >= 0.3 is 7.12 Å². The predicted octanol–water partition coefficient (Wildman–Crippen LogP) is 3.52. The van der Waals surface area contributed by atoms with Crippen LogP contribution in [-0.4, -0.2) is 28.1 Å². The van der Waals surface area contributed by atoms with Crippen molar-refractivity contribution in [3.8, 4) is 0 Å². The molecule has 0 bridgehead atoms. The zero-order chi connectivity index (χ0) is 18.5. The van der Waals surface area contributed by atoms with Crippen molar-refractivity contribution >= 4 is 23.5 Å². The second-order valence-corrected chi connectivity index (χ2v) is 7.81. The normalized spacial score (nSPS) is 18.6. The number of fused-ring (bicyclic) bond motifs is 1. The molecule has 1 saturated heterocycles. The van der Waals surface area contributed by atoms with Crippen LogP contribution in [0.4, 0.5) is 4.39 Å². The minimum atomic E-state index is -0.732. The molecule has 1 aromatic heterocycles. The van der Waals surface area contributed by atoms with Gasteiger partial charge in [0.25, 0.3) is 0 Å². The lowest BCUT2D eigenvalue weighted by Gasteiger charge is -2.32. The highest BCUT2D eigenvalue weighted by molar-refractivity contribution is 6.62. The van der Waals surface area contributed by atoms with Gasteiger partial charge in [-0.25, -0.2) is 4.39 Å². The summed E-state index contributed by atoms with van der Waals surface area (Å²) in [6.45, 7) is 8.47. The quantitative estimate of drug-likeness (QED) is 0.677. The Balaban J connectivity index is 1.73. The van der Waals surface area contributed by atoms with E-state index >= 15 is 0 Å². The van der Waals surface area contributed by atoms with E-state index in [1.807, 2.05) is 62.7 Å². The SMILES string of the molecule is CC1(C)OB(c2cc3c(cnn3Cc3ccccc3)cc2F)OC1(C)C. The third kappa shape index (κ3) is 2.83. The maximum Gasteiger partial charge on any atom is 0.497 e. The maximum atomic E-state index is 14.7. The highest BCUT2D eigenvalue weighted by Crippen LogP contribution is 2.36. The van der Waals surface area contributed by atoms with E-state index in [9.17, 15) is 4.39 Å². The van der Waals surface area contributed by atoms with Crippen LogP contribution >= 0.6 is 0 Å². The van der Waals surface area contributed by atoms with Crippen molar-refractivity contribution in [3.05, 3.63) is 60.0 Å². The summed E-state index contributed by atoms with van der Waals surface area (Å²) in [5, 5.41) is 5.19. The van der Waals surface area contributed by atoms with Gasteiger partial charge in [-0.2, -0.15) is 5.10 Å². The number of benzene rings is 2. The lowest BCUT2D eigenvalue weighted by molar-refractivity contribution is 0.00578. The molecule has 2 heterocycles. The number of aromatic nitrogens is 2. The first-order chi connectivity index (χ1) is 12.3. The highest BCUT2D eigenvalue weighted by atomic mass is 19.1. The molecule has 1 aliphatic rings. The van der Waals surface area contributed by atoms with Crippen molar-refractivity contribution in [1.29, 1.82) is 0 Å². The van der Waals surface area contributed by atoms with Crippen LogP contribution in [0.15, 0.2) is 48.7 Å². The summed E-state index contributed by atoms with van der Waals surface area (Å²) >= 11 is 0. The van der Waals surface area contributed by atoms with Crippen molar-refractivity contribution < 1.29 is 13.7 Å². The molecule has 0 radical (unpaired) electrons. The van der Waals surface area contributed by atoms with E-state index in [-0.39, 0.29) is 5.82 Å². The lowest BCUT2D eigenvalue weighted by Crippen LogP contribution is -2.41. The number of rotatable bonds is 3. The second-order valence-electron chi connectivity index (χ2n) is 7.81. The molecule has 4 nitrogen and oxygen atoms in total. The molecule has 4 rings (SSSR count). The van der Waals surface area contributed by atoms with E-state index in [2.05, 4.69) is 5.10 Å². The fourth-order valence-corrected chi connectivity index (χ4v) is 3.15. The summed E-state index contributed by atoms with van der Waals surface area (Å²) < 4.78 is 28.6. The Bertz CT molecular complexity index is 937. The molecule has 134 valence electrons. The van der Waals surface area contributed by atoms with E-state index in [1.165, 1.54) is 6.07 Å². The summed E-state index contributed by atoms with van der Waals surface area (Å²) in [6.07, 6.45) is 1.69. The standard InChI is InChI=1S/C20H22BFN2O2/c1-19(2)20(3,4)26-21(25-19)16-11-18-15(10-17(16)22)12-23-24(18)13-14-8-6-5-7-9-14/h5-12H,13H2,1-4H3. The van der Waals surface area contributed by atoms with Gasteiger partial charge < -0.3 is 9.31 Å². The summed E-state index contributed by atoms with van der Waals surface area (Å²) in [6, 6.07) is 13.4. The molecular formula is C20H22BFN2O2. The van der Waals surface area contributed by atoms with Crippen molar-refractivity contribution in [3.63, 3.8) is 0 Å². The third-order valence-electron chi connectivity index (χ3n) is 5.44. The molecule has 6 heteroatoms. The van der Waals surface area contributed by atoms with Crippen LogP contribution in [0.2, 0.25) is 0 Å². The fraction of sp³-hybridized carbons (Fsp3) is 0.350. The summed E-state index contributed by atoms with van der Waals surface area (Å²) in [5.74, 6) is -0.338. The van der Waals surface area contributed by atoms with Gasteiger partial charge in [-0.3, -0.25) is 4.68 Å². The first kappa shape index (κ1) is 17.2. The number of nitrogens with zero attached hydrogens (tertiary/aromatic N) is 2. The molecule has 1 aliphatic heterocycles. The van der Waals surface area contributed by atoms with Crippen molar-refractivity contribution in [2.75, 3.05) is 0 Å². The van der Waals surface area contributed by atoms with Crippen molar-refractivity contribution in [2.24, 2.45) is 0 Å². The van der Waals surface area contributed by atoms with Crippen LogP contribution in [0, 0.1) is 5.82 Å². The predicted molar refractivity (Wildman–Crippen MR) is 101 cm³/mol. The van der Waals surface area contributed by atoms with Crippen LogP contribution in [-0.2, 0) is 15.9 Å². The van der Waals surface area contributed by atoms with Gasteiger partial charge in [0.15, 0.2) is 0 Å². The summed E-state index contributed by atoms with van der Waals surface area (Å²) in [5.41, 5.74) is 1.39. The fourth-order valence-electron chi connectivity index (χ4n) is 3.15. The Hall–Kier alpha value is -2.18. The highest BCUT2D eigenvalue weighted by Gasteiger charge is 2.52.